The van der Waals surface area contributed by atoms with E-state index in [4.69, 9.17) is 17.3 Å². The van der Waals surface area contributed by atoms with Crippen molar-refractivity contribution in [3.63, 3.8) is 0 Å². The third-order valence-corrected chi connectivity index (χ3v) is 2.92. The number of rotatable bonds is 3. The second kappa shape index (κ2) is 5.33. The van der Waals surface area contributed by atoms with Crippen molar-refractivity contribution in [2.75, 3.05) is 5.32 Å². The van der Waals surface area contributed by atoms with Crippen LogP contribution in [0.5, 0.6) is 0 Å². The number of amides is 1. The molecule has 1 aromatic heterocycles. The highest BCUT2D eigenvalue weighted by molar-refractivity contribution is 6.32. The second-order valence-corrected chi connectivity index (χ2v) is 4.47. The van der Waals surface area contributed by atoms with Crippen LogP contribution in [-0.4, -0.2) is 16.9 Å². The van der Waals surface area contributed by atoms with Crippen LogP contribution < -0.4 is 11.1 Å². The standard InChI is InChI=1S/C13H14ClN3O/c1-2-10(15)13(18)17-11-7-9(14)6-8-4-3-5-16-12(8)11/h3-7,10H,2,15H2,1H3,(H,17,18)/t10-/m1/s1. The van der Waals surface area contributed by atoms with Gasteiger partial charge in [0.05, 0.1) is 17.2 Å². The quantitative estimate of drug-likeness (QED) is 0.894. The van der Waals surface area contributed by atoms with Gasteiger partial charge in [0.25, 0.3) is 0 Å². The predicted octanol–water partition coefficient (Wildman–Crippen LogP) is 2.56. The largest absolute Gasteiger partial charge is 0.323 e. The monoisotopic (exact) mass is 263 g/mol. The molecule has 2 aromatic rings. The fourth-order valence-corrected chi connectivity index (χ4v) is 1.89. The van der Waals surface area contributed by atoms with Crippen molar-refractivity contribution in [2.24, 2.45) is 5.73 Å². The van der Waals surface area contributed by atoms with Gasteiger partial charge in [-0.25, -0.2) is 0 Å². The number of hydrogen-bond acceptors (Lipinski definition) is 3. The van der Waals surface area contributed by atoms with E-state index < -0.39 is 6.04 Å². The molecule has 3 N–H and O–H groups in total. The van der Waals surface area contributed by atoms with Crippen LogP contribution in [0.1, 0.15) is 13.3 Å². The zero-order valence-electron chi connectivity index (χ0n) is 9.98. The normalized spacial score (nSPS) is 12.4. The molecule has 0 aliphatic rings. The first-order valence-electron chi connectivity index (χ1n) is 5.72. The number of carbonyl (C=O) groups is 1. The van der Waals surface area contributed by atoms with Gasteiger partial charge in [-0.05, 0) is 24.6 Å². The fourth-order valence-electron chi connectivity index (χ4n) is 1.66. The van der Waals surface area contributed by atoms with Crippen LogP contribution in [0, 0.1) is 0 Å². The number of nitrogens with one attached hydrogen (secondary N) is 1. The Hall–Kier alpha value is -1.65. The molecule has 94 valence electrons. The van der Waals surface area contributed by atoms with Crippen molar-refractivity contribution < 1.29 is 4.79 Å². The summed E-state index contributed by atoms with van der Waals surface area (Å²) in [6, 6.07) is 6.67. The Morgan fingerprint density at radius 3 is 3.06 bits per heavy atom. The molecule has 0 bridgehead atoms. The minimum atomic E-state index is -0.525. The highest BCUT2D eigenvalue weighted by Gasteiger charge is 2.13. The van der Waals surface area contributed by atoms with E-state index >= 15 is 0 Å². The number of hydrogen-bond donors (Lipinski definition) is 2. The number of nitrogens with zero attached hydrogens (tertiary/aromatic N) is 1. The first-order chi connectivity index (χ1) is 8.61. The van der Waals surface area contributed by atoms with Crippen molar-refractivity contribution >= 4 is 34.1 Å². The molecule has 0 unspecified atom stereocenters. The van der Waals surface area contributed by atoms with Crippen LogP contribution in [0.3, 0.4) is 0 Å². The number of fused-ring (bicyclic) bond motifs is 1. The van der Waals surface area contributed by atoms with E-state index in [1.807, 2.05) is 19.1 Å². The number of anilines is 1. The molecule has 0 saturated carbocycles. The van der Waals surface area contributed by atoms with Gasteiger partial charge < -0.3 is 11.1 Å². The molecule has 5 heteroatoms. The smallest absolute Gasteiger partial charge is 0.241 e. The first kappa shape index (κ1) is 12.8. The molecule has 1 amide bonds. The van der Waals surface area contributed by atoms with Crippen LogP contribution in [0.2, 0.25) is 5.02 Å². The maximum atomic E-state index is 11.8. The molecule has 0 radical (unpaired) electrons. The van der Waals surface area contributed by atoms with Crippen LogP contribution >= 0.6 is 11.6 Å². The molecule has 1 heterocycles. The molecule has 1 atom stereocenters. The summed E-state index contributed by atoms with van der Waals surface area (Å²) in [6.07, 6.45) is 2.25. The van der Waals surface area contributed by atoms with E-state index in [0.717, 1.165) is 5.39 Å². The van der Waals surface area contributed by atoms with Crippen molar-refractivity contribution in [1.29, 1.82) is 0 Å². The molecule has 0 aliphatic heterocycles. The lowest BCUT2D eigenvalue weighted by molar-refractivity contribution is -0.117. The summed E-state index contributed by atoms with van der Waals surface area (Å²) in [4.78, 5) is 16.0. The lowest BCUT2D eigenvalue weighted by Crippen LogP contribution is -2.34. The first-order valence-corrected chi connectivity index (χ1v) is 6.10. The Bertz CT molecular complexity index is 585. The molecular weight excluding hydrogens is 250 g/mol. The third-order valence-electron chi connectivity index (χ3n) is 2.70. The summed E-state index contributed by atoms with van der Waals surface area (Å²) in [5.74, 6) is -0.230. The van der Waals surface area contributed by atoms with E-state index in [1.165, 1.54) is 0 Å². The Morgan fingerprint density at radius 2 is 2.33 bits per heavy atom. The summed E-state index contributed by atoms with van der Waals surface area (Å²) in [5.41, 5.74) is 6.98. The average molecular weight is 264 g/mol. The van der Waals surface area contributed by atoms with Crippen LogP contribution in [0.25, 0.3) is 10.9 Å². The molecule has 0 spiro atoms. The topological polar surface area (TPSA) is 68.0 Å². The van der Waals surface area contributed by atoms with Gasteiger partial charge in [0, 0.05) is 16.6 Å². The van der Waals surface area contributed by atoms with E-state index in [1.54, 1.807) is 18.3 Å². The van der Waals surface area contributed by atoms with Gasteiger partial charge in [0.1, 0.15) is 0 Å². The minimum Gasteiger partial charge on any atom is -0.323 e. The number of halogens is 1. The summed E-state index contributed by atoms with van der Waals surface area (Å²) in [5, 5.41) is 4.20. The van der Waals surface area contributed by atoms with Gasteiger partial charge in [0.15, 0.2) is 0 Å². The summed E-state index contributed by atoms with van der Waals surface area (Å²) in [6.45, 7) is 1.86. The lowest BCUT2D eigenvalue weighted by atomic mass is 10.1. The third kappa shape index (κ3) is 2.60. The summed E-state index contributed by atoms with van der Waals surface area (Å²) < 4.78 is 0. The Kier molecular flexibility index (Phi) is 3.79. The van der Waals surface area contributed by atoms with Crippen LogP contribution in [-0.2, 0) is 4.79 Å². The molecule has 0 saturated heterocycles. The van der Waals surface area contributed by atoms with Crippen molar-refractivity contribution in [3.05, 3.63) is 35.5 Å². The average Bonchev–Trinajstić information content (AvgIpc) is 2.37. The maximum absolute atomic E-state index is 11.8. The molecule has 1 aromatic carbocycles. The highest BCUT2D eigenvalue weighted by Crippen LogP contribution is 2.26. The van der Waals surface area contributed by atoms with Crippen molar-refractivity contribution in [2.45, 2.75) is 19.4 Å². The second-order valence-electron chi connectivity index (χ2n) is 4.03. The van der Waals surface area contributed by atoms with Gasteiger partial charge >= 0.3 is 0 Å². The zero-order valence-corrected chi connectivity index (χ0v) is 10.7. The van der Waals surface area contributed by atoms with E-state index in [-0.39, 0.29) is 5.91 Å². The zero-order chi connectivity index (χ0) is 13.1. The highest BCUT2D eigenvalue weighted by atomic mass is 35.5. The summed E-state index contributed by atoms with van der Waals surface area (Å²) >= 11 is 6.01. The fraction of sp³-hybridized carbons (Fsp3) is 0.231. The molecular formula is C13H14ClN3O. The van der Waals surface area contributed by atoms with E-state index in [9.17, 15) is 4.79 Å². The SMILES string of the molecule is CC[C@@H](N)C(=O)Nc1cc(Cl)cc2cccnc12. The van der Waals surface area contributed by atoms with Crippen molar-refractivity contribution in [1.82, 2.24) is 4.98 Å². The Morgan fingerprint density at radius 1 is 1.56 bits per heavy atom. The van der Waals surface area contributed by atoms with E-state index in [0.29, 0.717) is 22.6 Å². The van der Waals surface area contributed by atoms with Gasteiger partial charge in [-0.3, -0.25) is 9.78 Å². The Balaban J connectivity index is 2.41. The molecule has 0 aliphatic carbocycles. The predicted molar refractivity (Wildman–Crippen MR) is 73.6 cm³/mol. The lowest BCUT2D eigenvalue weighted by Gasteiger charge is -2.12. The van der Waals surface area contributed by atoms with Crippen molar-refractivity contribution in [3.8, 4) is 0 Å². The summed E-state index contributed by atoms with van der Waals surface area (Å²) in [7, 11) is 0. The van der Waals surface area contributed by atoms with Crippen LogP contribution in [0.4, 0.5) is 5.69 Å². The number of carbonyl (C=O) groups excluding carboxylic acids is 1. The Labute approximate surface area is 110 Å². The van der Waals surface area contributed by atoms with Crippen LogP contribution in [0.15, 0.2) is 30.5 Å². The van der Waals surface area contributed by atoms with Gasteiger partial charge in [0.2, 0.25) is 5.91 Å². The maximum Gasteiger partial charge on any atom is 0.241 e. The number of aromatic nitrogens is 1. The number of nitrogens with two attached hydrogens (primary N) is 1. The van der Waals surface area contributed by atoms with Gasteiger partial charge in [-0.15, -0.1) is 0 Å². The van der Waals surface area contributed by atoms with Gasteiger partial charge in [-0.1, -0.05) is 24.6 Å². The molecule has 0 fully saturated rings. The number of pyridine rings is 1. The molecule has 4 nitrogen and oxygen atoms in total. The van der Waals surface area contributed by atoms with E-state index in [2.05, 4.69) is 10.3 Å². The van der Waals surface area contributed by atoms with Gasteiger partial charge in [-0.2, -0.15) is 0 Å². The molecule has 2 rings (SSSR count). The molecule has 18 heavy (non-hydrogen) atoms. The number of benzene rings is 1. The minimum absolute atomic E-state index is 0.230.